The molecule has 0 saturated heterocycles. The first kappa shape index (κ1) is 9.51. The number of rotatable bonds is 3. The van der Waals surface area contributed by atoms with E-state index in [1.165, 1.54) is 4.68 Å². The van der Waals surface area contributed by atoms with Crippen LogP contribution < -0.4 is 11.6 Å². The van der Waals surface area contributed by atoms with Crippen LogP contribution in [0.3, 0.4) is 0 Å². The number of carbonyl (C=O) groups excluding carboxylic acids is 1. The lowest BCUT2D eigenvalue weighted by molar-refractivity contribution is -0.118. The Morgan fingerprint density at radius 3 is 2.80 bits per heavy atom. The van der Waals surface area contributed by atoms with Crippen molar-refractivity contribution in [1.82, 2.24) is 9.66 Å². The number of fused-ring (bicyclic) bond motifs is 1. The largest absolute Gasteiger partial charge is 0.370 e. The maximum Gasteiger partial charge on any atom is 0.217 e. The van der Waals surface area contributed by atoms with Crippen LogP contribution in [-0.4, -0.2) is 15.6 Å². The Labute approximate surface area is 86.7 Å². The van der Waals surface area contributed by atoms with Crippen LogP contribution in [0, 0.1) is 0 Å². The predicted octanol–water partition coefficient (Wildman–Crippen LogP) is 0.168. The van der Waals surface area contributed by atoms with Crippen molar-refractivity contribution in [1.29, 1.82) is 0 Å². The molecule has 2 rings (SSSR count). The number of hydrogen-bond donors (Lipinski definition) is 2. The molecule has 1 aromatic carbocycles. The summed E-state index contributed by atoms with van der Waals surface area (Å²) < 4.78 is 1.50. The van der Waals surface area contributed by atoms with Gasteiger partial charge in [0.25, 0.3) is 0 Å². The van der Waals surface area contributed by atoms with Crippen molar-refractivity contribution in [2.45, 2.75) is 12.8 Å². The van der Waals surface area contributed by atoms with Gasteiger partial charge in [-0.3, -0.25) is 4.79 Å². The molecule has 0 bridgehead atoms. The molecule has 2 aromatic rings. The van der Waals surface area contributed by atoms with Crippen molar-refractivity contribution in [3.63, 3.8) is 0 Å². The Kier molecular flexibility index (Phi) is 2.29. The lowest BCUT2D eigenvalue weighted by Gasteiger charge is -1.99. The fourth-order valence-corrected chi connectivity index (χ4v) is 1.51. The van der Waals surface area contributed by atoms with E-state index in [-0.39, 0.29) is 12.3 Å². The third-order valence-corrected chi connectivity index (χ3v) is 2.26. The molecular formula is C10H12N4O. The summed E-state index contributed by atoms with van der Waals surface area (Å²) in [5.41, 5.74) is 6.76. The molecule has 1 aromatic heterocycles. The van der Waals surface area contributed by atoms with E-state index in [2.05, 4.69) is 4.98 Å². The summed E-state index contributed by atoms with van der Waals surface area (Å²) in [4.78, 5) is 15.0. The van der Waals surface area contributed by atoms with E-state index in [1.54, 1.807) is 0 Å². The van der Waals surface area contributed by atoms with Crippen LogP contribution >= 0.6 is 0 Å². The van der Waals surface area contributed by atoms with Gasteiger partial charge in [-0.25, -0.2) is 9.66 Å². The zero-order valence-electron chi connectivity index (χ0n) is 8.18. The van der Waals surface area contributed by atoms with Crippen LogP contribution in [0.15, 0.2) is 24.3 Å². The number of benzene rings is 1. The molecule has 5 nitrogen and oxygen atoms in total. The third kappa shape index (κ3) is 1.76. The maximum atomic E-state index is 10.6. The van der Waals surface area contributed by atoms with Gasteiger partial charge in [0, 0.05) is 12.8 Å². The number of aryl methyl sites for hydroxylation is 1. The fraction of sp³-hybridized carbons (Fsp3) is 0.200. The number of aromatic nitrogens is 2. The van der Waals surface area contributed by atoms with Crippen LogP contribution in [0.25, 0.3) is 11.0 Å². The molecule has 0 fully saturated rings. The molecule has 1 amide bonds. The fourth-order valence-electron chi connectivity index (χ4n) is 1.51. The summed E-state index contributed by atoms with van der Waals surface area (Å²) >= 11 is 0. The topological polar surface area (TPSA) is 86.9 Å². The first-order valence-corrected chi connectivity index (χ1v) is 4.68. The van der Waals surface area contributed by atoms with Gasteiger partial charge in [0.05, 0.1) is 11.0 Å². The van der Waals surface area contributed by atoms with Gasteiger partial charge in [-0.05, 0) is 12.1 Å². The van der Waals surface area contributed by atoms with Gasteiger partial charge in [-0.15, -0.1) is 0 Å². The van der Waals surface area contributed by atoms with Crippen molar-refractivity contribution < 1.29 is 4.79 Å². The number of imidazole rings is 1. The minimum atomic E-state index is -0.345. The second-order valence-electron chi connectivity index (χ2n) is 3.35. The number of nitrogen functional groups attached to an aromatic ring is 1. The van der Waals surface area contributed by atoms with Gasteiger partial charge in [0.2, 0.25) is 5.91 Å². The van der Waals surface area contributed by atoms with E-state index in [0.29, 0.717) is 12.2 Å². The number of nitrogens with two attached hydrogens (primary N) is 2. The number of amides is 1. The Bertz CT molecular complexity index is 503. The number of primary amides is 1. The van der Waals surface area contributed by atoms with Crippen LogP contribution in [0.5, 0.6) is 0 Å². The smallest absolute Gasteiger partial charge is 0.217 e. The molecule has 0 spiro atoms. The molecule has 0 saturated carbocycles. The summed E-state index contributed by atoms with van der Waals surface area (Å²) in [5.74, 6) is 6.16. The van der Waals surface area contributed by atoms with Gasteiger partial charge in [-0.2, -0.15) is 0 Å². The summed E-state index contributed by atoms with van der Waals surface area (Å²) in [7, 11) is 0. The van der Waals surface area contributed by atoms with Gasteiger partial charge in [-0.1, -0.05) is 12.1 Å². The summed E-state index contributed by atoms with van der Waals surface area (Å²) in [6, 6.07) is 7.56. The molecule has 0 radical (unpaired) electrons. The summed E-state index contributed by atoms with van der Waals surface area (Å²) in [6.07, 6.45) is 0.737. The number of carbonyl (C=O) groups is 1. The first-order chi connectivity index (χ1) is 7.18. The lowest BCUT2D eigenvalue weighted by Crippen LogP contribution is -2.16. The van der Waals surface area contributed by atoms with Crippen molar-refractivity contribution in [3.05, 3.63) is 30.1 Å². The van der Waals surface area contributed by atoms with Crippen molar-refractivity contribution in [2.75, 3.05) is 5.84 Å². The molecule has 4 N–H and O–H groups in total. The van der Waals surface area contributed by atoms with Gasteiger partial charge in [0.15, 0.2) is 0 Å². The monoisotopic (exact) mass is 204 g/mol. The summed E-state index contributed by atoms with van der Waals surface area (Å²) in [6.45, 7) is 0. The zero-order chi connectivity index (χ0) is 10.8. The Morgan fingerprint density at radius 1 is 1.40 bits per heavy atom. The SMILES string of the molecule is NC(=O)CCc1nc2ccccc2n1N. The van der Waals surface area contributed by atoms with Gasteiger partial charge in [0.1, 0.15) is 5.82 Å². The average molecular weight is 204 g/mol. The highest BCUT2D eigenvalue weighted by Crippen LogP contribution is 2.13. The van der Waals surface area contributed by atoms with E-state index in [1.807, 2.05) is 24.3 Å². The van der Waals surface area contributed by atoms with Gasteiger partial charge < -0.3 is 11.6 Å². The molecule has 0 atom stereocenters. The van der Waals surface area contributed by atoms with E-state index < -0.39 is 0 Å². The molecule has 78 valence electrons. The first-order valence-electron chi connectivity index (χ1n) is 4.68. The standard InChI is InChI=1S/C10H12N4O/c11-9(15)5-6-10-13-7-3-1-2-4-8(7)14(10)12/h1-4H,5-6,12H2,(H2,11,15). The number of hydrogen-bond acceptors (Lipinski definition) is 3. The number of para-hydroxylation sites is 2. The Balaban J connectivity index is 2.36. The van der Waals surface area contributed by atoms with Crippen LogP contribution in [0.1, 0.15) is 12.2 Å². The second-order valence-corrected chi connectivity index (χ2v) is 3.35. The molecule has 5 heteroatoms. The quantitative estimate of drug-likeness (QED) is 0.698. The van der Waals surface area contributed by atoms with Crippen LogP contribution in [-0.2, 0) is 11.2 Å². The minimum Gasteiger partial charge on any atom is -0.370 e. The van der Waals surface area contributed by atoms with Crippen molar-refractivity contribution in [2.24, 2.45) is 5.73 Å². The molecule has 0 unspecified atom stereocenters. The molecule has 0 aliphatic carbocycles. The predicted molar refractivity (Wildman–Crippen MR) is 57.4 cm³/mol. The van der Waals surface area contributed by atoms with Crippen LogP contribution in [0.4, 0.5) is 0 Å². The second kappa shape index (κ2) is 3.61. The zero-order valence-corrected chi connectivity index (χ0v) is 8.18. The Hall–Kier alpha value is -2.04. The lowest BCUT2D eigenvalue weighted by atomic mass is 10.3. The minimum absolute atomic E-state index is 0.264. The summed E-state index contributed by atoms with van der Waals surface area (Å²) in [5, 5.41) is 0. The van der Waals surface area contributed by atoms with Gasteiger partial charge >= 0.3 is 0 Å². The molecule has 0 aliphatic heterocycles. The Morgan fingerprint density at radius 2 is 2.13 bits per heavy atom. The highest BCUT2D eigenvalue weighted by atomic mass is 16.1. The van der Waals surface area contributed by atoms with E-state index in [4.69, 9.17) is 11.6 Å². The van der Waals surface area contributed by atoms with E-state index in [9.17, 15) is 4.79 Å². The highest BCUT2D eigenvalue weighted by Gasteiger charge is 2.08. The van der Waals surface area contributed by atoms with Crippen LogP contribution in [0.2, 0.25) is 0 Å². The third-order valence-electron chi connectivity index (χ3n) is 2.26. The normalized spacial score (nSPS) is 10.7. The molecule has 1 heterocycles. The maximum absolute atomic E-state index is 10.6. The van der Waals surface area contributed by atoms with E-state index >= 15 is 0 Å². The highest BCUT2D eigenvalue weighted by molar-refractivity contribution is 5.76. The van der Waals surface area contributed by atoms with Crippen molar-refractivity contribution in [3.8, 4) is 0 Å². The molecule has 15 heavy (non-hydrogen) atoms. The molecular weight excluding hydrogens is 192 g/mol. The van der Waals surface area contributed by atoms with E-state index in [0.717, 1.165) is 11.0 Å². The number of nitrogens with zero attached hydrogens (tertiary/aromatic N) is 2. The average Bonchev–Trinajstić information content (AvgIpc) is 2.54. The van der Waals surface area contributed by atoms with Crippen molar-refractivity contribution >= 4 is 16.9 Å². The molecule has 0 aliphatic rings.